The average molecular weight is 344 g/mol. The molecular formula is C18H18F2N4O. The molecule has 7 heteroatoms. The summed E-state index contributed by atoms with van der Waals surface area (Å²) < 4.78 is 27.3. The van der Waals surface area contributed by atoms with Crippen molar-refractivity contribution in [2.24, 2.45) is 0 Å². The van der Waals surface area contributed by atoms with E-state index < -0.39 is 17.7 Å². The lowest BCUT2D eigenvalue weighted by atomic mass is 10.1. The SMILES string of the molecule is CN(C)c1cccc([C@H](CO)Nc2ncnc3c(F)c(F)ccc23)c1. The van der Waals surface area contributed by atoms with E-state index in [1.54, 1.807) is 0 Å². The van der Waals surface area contributed by atoms with Crippen molar-refractivity contribution in [1.82, 2.24) is 9.97 Å². The van der Waals surface area contributed by atoms with Crippen LogP contribution in [-0.2, 0) is 0 Å². The Bertz CT molecular complexity index is 901. The number of aromatic nitrogens is 2. The van der Waals surface area contributed by atoms with Crippen LogP contribution in [0.3, 0.4) is 0 Å². The van der Waals surface area contributed by atoms with Gasteiger partial charge in [0.05, 0.1) is 12.6 Å². The zero-order chi connectivity index (χ0) is 18.0. The minimum absolute atomic E-state index is 0.101. The number of hydrogen-bond acceptors (Lipinski definition) is 5. The summed E-state index contributed by atoms with van der Waals surface area (Å²) in [5.74, 6) is -1.65. The molecule has 0 saturated carbocycles. The third-order valence-electron chi connectivity index (χ3n) is 3.98. The lowest BCUT2D eigenvalue weighted by molar-refractivity contribution is 0.276. The Kier molecular flexibility index (Phi) is 4.76. The van der Waals surface area contributed by atoms with E-state index in [0.29, 0.717) is 11.2 Å². The first-order valence-corrected chi connectivity index (χ1v) is 7.74. The van der Waals surface area contributed by atoms with E-state index in [0.717, 1.165) is 23.6 Å². The van der Waals surface area contributed by atoms with Crippen molar-refractivity contribution >= 4 is 22.4 Å². The summed E-state index contributed by atoms with van der Waals surface area (Å²) in [7, 11) is 3.85. The number of fused-ring (bicyclic) bond motifs is 1. The van der Waals surface area contributed by atoms with Crippen molar-refractivity contribution in [1.29, 1.82) is 0 Å². The second kappa shape index (κ2) is 6.98. The van der Waals surface area contributed by atoms with Crippen molar-refractivity contribution in [3.63, 3.8) is 0 Å². The van der Waals surface area contributed by atoms with Crippen molar-refractivity contribution < 1.29 is 13.9 Å². The molecule has 2 aromatic carbocycles. The summed E-state index contributed by atoms with van der Waals surface area (Å²) in [6, 6.07) is 9.67. The van der Waals surface area contributed by atoms with Gasteiger partial charge in [0, 0.05) is 25.2 Å². The Morgan fingerprint density at radius 3 is 2.68 bits per heavy atom. The van der Waals surface area contributed by atoms with Gasteiger partial charge in [-0.2, -0.15) is 0 Å². The predicted octanol–water partition coefficient (Wildman–Crippen LogP) is 3.12. The summed E-state index contributed by atoms with van der Waals surface area (Å²) in [5.41, 5.74) is 1.73. The first-order valence-electron chi connectivity index (χ1n) is 7.74. The third kappa shape index (κ3) is 3.36. The van der Waals surface area contributed by atoms with Crippen molar-refractivity contribution in [3.8, 4) is 0 Å². The van der Waals surface area contributed by atoms with Crippen molar-refractivity contribution in [2.75, 3.05) is 30.9 Å². The maximum absolute atomic E-state index is 13.9. The molecule has 0 aliphatic heterocycles. The maximum atomic E-state index is 13.9. The molecular weight excluding hydrogens is 326 g/mol. The summed E-state index contributed by atoms with van der Waals surface area (Å²) >= 11 is 0. The van der Waals surface area contributed by atoms with Crippen LogP contribution >= 0.6 is 0 Å². The van der Waals surface area contributed by atoms with Gasteiger partial charge < -0.3 is 15.3 Å². The fraction of sp³-hybridized carbons (Fsp3) is 0.222. The van der Waals surface area contributed by atoms with Gasteiger partial charge in [-0.1, -0.05) is 12.1 Å². The second-order valence-corrected chi connectivity index (χ2v) is 5.85. The molecule has 0 aliphatic carbocycles. The van der Waals surface area contributed by atoms with E-state index in [-0.39, 0.29) is 12.1 Å². The predicted molar refractivity (Wildman–Crippen MR) is 93.7 cm³/mol. The zero-order valence-corrected chi connectivity index (χ0v) is 13.9. The fourth-order valence-corrected chi connectivity index (χ4v) is 2.61. The highest BCUT2D eigenvalue weighted by Gasteiger charge is 2.16. The molecule has 1 heterocycles. The largest absolute Gasteiger partial charge is 0.394 e. The Morgan fingerprint density at radius 1 is 1.16 bits per heavy atom. The van der Waals surface area contributed by atoms with Gasteiger partial charge in [0.15, 0.2) is 11.6 Å². The van der Waals surface area contributed by atoms with E-state index >= 15 is 0 Å². The number of hydrogen-bond donors (Lipinski definition) is 2. The minimum atomic E-state index is -1.02. The third-order valence-corrected chi connectivity index (χ3v) is 3.98. The van der Waals surface area contributed by atoms with Crippen LogP contribution in [0.25, 0.3) is 10.9 Å². The molecule has 0 amide bonds. The van der Waals surface area contributed by atoms with E-state index in [2.05, 4.69) is 15.3 Å². The Labute approximate surface area is 144 Å². The Morgan fingerprint density at radius 2 is 1.96 bits per heavy atom. The maximum Gasteiger partial charge on any atom is 0.185 e. The minimum Gasteiger partial charge on any atom is -0.394 e. The number of nitrogens with zero attached hydrogens (tertiary/aromatic N) is 3. The monoisotopic (exact) mass is 344 g/mol. The molecule has 1 atom stereocenters. The molecule has 0 bridgehead atoms. The number of rotatable bonds is 5. The first kappa shape index (κ1) is 17.0. The van der Waals surface area contributed by atoms with Crippen LogP contribution in [0.1, 0.15) is 11.6 Å². The lowest BCUT2D eigenvalue weighted by Gasteiger charge is -2.20. The molecule has 0 spiro atoms. The lowest BCUT2D eigenvalue weighted by Crippen LogP contribution is -2.17. The van der Waals surface area contributed by atoms with Crippen LogP contribution in [0.15, 0.2) is 42.7 Å². The van der Waals surface area contributed by atoms with Gasteiger partial charge >= 0.3 is 0 Å². The van der Waals surface area contributed by atoms with Crippen molar-refractivity contribution in [2.45, 2.75) is 6.04 Å². The number of aliphatic hydroxyl groups is 1. The van der Waals surface area contributed by atoms with Gasteiger partial charge in [-0.3, -0.25) is 0 Å². The molecule has 1 aromatic heterocycles. The molecule has 25 heavy (non-hydrogen) atoms. The average Bonchev–Trinajstić information content (AvgIpc) is 2.63. The van der Waals surface area contributed by atoms with Gasteiger partial charge in [0.25, 0.3) is 0 Å². The van der Waals surface area contributed by atoms with Gasteiger partial charge in [-0.25, -0.2) is 18.7 Å². The van der Waals surface area contributed by atoms with Crippen LogP contribution in [0.2, 0.25) is 0 Å². The standard InChI is InChI=1S/C18H18F2N4O/c1-24(2)12-5-3-4-11(8-12)15(9-25)23-18-13-6-7-14(19)16(20)17(13)21-10-22-18/h3-8,10,15,25H,9H2,1-2H3,(H,21,22,23)/t15-/m0/s1. The molecule has 0 fully saturated rings. The molecule has 0 saturated heterocycles. The van der Waals surface area contributed by atoms with E-state index in [1.165, 1.54) is 6.07 Å². The van der Waals surface area contributed by atoms with Crippen molar-refractivity contribution in [3.05, 3.63) is 59.9 Å². The topological polar surface area (TPSA) is 61.3 Å². The molecule has 3 aromatic rings. The summed E-state index contributed by atoms with van der Waals surface area (Å²) in [4.78, 5) is 9.88. The van der Waals surface area contributed by atoms with Crippen LogP contribution in [0, 0.1) is 11.6 Å². The fourth-order valence-electron chi connectivity index (χ4n) is 2.61. The van der Waals surface area contributed by atoms with E-state index in [1.807, 2.05) is 43.3 Å². The van der Waals surface area contributed by atoms with Gasteiger partial charge in [-0.15, -0.1) is 0 Å². The van der Waals surface area contributed by atoms with Crippen LogP contribution < -0.4 is 10.2 Å². The number of benzene rings is 2. The van der Waals surface area contributed by atoms with Gasteiger partial charge in [0.2, 0.25) is 0 Å². The smallest absolute Gasteiger partial charge is 0.185 e. The molecule has 130 valence electrons. The number of nitrogens with one attached hydrogen (secondary N) is 1. The summed E-state index contributed by atoms with van der Waals surface area (Å²) in [5, 5.41) is 13.2. The molecule has 0 unspecified atom stereocenters. The summed E-state index contributed by atoms with van der Waals surface area (Å²) in [6.45, 7) is -0.188. The van der Waals surface area contributed by atoms with Crippen LogP contribution in [-0.4, -0.2) is 35.8 Å². The highest BCUT2D eigenvalue weighted by molar-refractivity contribution is 5.89. The highest BCUT2D eigenvalue weighted by atomic mass is 19.2. The number of aliphatic hydroxyl groups excluding tert-OH is 1. The number of anilines is 2. The molecule has 0 aliphatic rings. The Balaban J connectivity index is 1.99. The quantitative estimate of drug-likeness (QED) is 0.745. The van der Waals surface area contributed by atoms with Gasteiger partial charge in [-0.05, 0) is 29.8 Å². The van der Waals surface area contributed by atoms with Crippen LogP contribution in [0.5, 0.6) is 0 Å². The highest BCUT2D eigenvalue weighted by Crippen LogP contribution is 2.27. The molecule has 2 N–H and O–H groups in total. The molecule has 3 rings (SSSR count). The first-order chi connectivity index (χ1) is 12.0. The zero-order valence-electron chi connectivity index (χ0n) is 13.9. The summed E-state index contributed by atoms with van der Waals surface area (Å²) in [6.07, 6.45) is 1.16. The number of halogens is 2. The van der Waals surface area contributed by atoms with E-state index in [4.69, 9.17) is 0 Å². The van der Waals surface area contributed by atoms with Gasteiger partial charge in [0.1, 0.15) is 17.7 Å². The van der Waals surface area contributed by atoms with E-state index in [9.17, 15) is 13.9 Å². The molecule has 0 radical (unpaired) electrons. The molecule has 5 nitrogen and oxygen atoms in total. The second-order valence-electron chi connectivity index (χ2n) is 5.85. The normalized spacial score (nSPS) is 12.2. The Hall–Kier alpha value is -2.80. The van der Waals surface area contributed by atoms with Crippen LogP contribution in [0.4, 0.5) is 20.3 Å².